The minimum Gasteiger partial charge on any atom is -0.389 e. The molecule has 2 heterocycles. The van der Waals surface area contributed by atoms with Crippen molar-refractivity contribution in [2.75, 3.05) is 0 Å². The molecule has 0 unspecified atom stereocenters. The summed E-state index contributed by atoms with van der Waals surface area (Å²) in [5.74, 6) is -1.20. The highest BCUT2D eigenvalue weighted by atomic mass is 32.1. The smallest absolute Gasteiger partial charge is 0.389 e. The molecule has 0 aliphatic heterocycles. The monoisotopic (exact) mass is 260 g/mol. The largest absolute Gasteiger partial charge is 0.453 e. The molecule has 90 valence electrons. The van der Waals surface area contributed by atoms with Gasteiger partial charge in [0.25, 0.3) is 5.82 Å². The summed E-state index contributed by atoms with van der Waals surface area (Å²) in [7, 11) is 0. The molecular formula is C9H7F3N4S. The molecule has 2 N–H and O–H groups in total. The lowest BCUT2D eigenvalue weighted by Gasteiger charge is -2.02. The third kappa shape index (κ3) is 1.95. The summed E-state index contributed by atoms with van der Waals surface area (Å²) < 4.78 is 38.5. The van der Waals surface area contributed by atoms with E-state index in [4.69, 9.17) is 18.0 Å². The van der Waals surface area contributed by atoms with Crippen LogP contribution in [0, 0.1) is 6.92 Å². The van der Waals surface area contributed by atoms with E-state index in [0.29, 0.717) is 5.69 Å². The van der Waals surface area contributed by atoms with Gasteiger partial charge in [0, 0.05) is 5.69 Å². The second kappa shape index (κ2) is 3.66. The van der Waals surface area contributed by atoms with E-state index in [1.807, 2.05) is 0 Å². The number of pyridine rings is 1. The Morgan fingerprint density at radius 3 is 2.59 bits per heavy atom. The quantitative estimate of drug-likeness (QED) is 0.793. The Hall–Kier alpha value is -1.70. The van der Waals surface area contributed by atoms with Crippen LogP contribution in [0.15, 0.2) is 12.1 Å². The van der Waals surface area contributed by atoms with E-state index >= 15 is 0 Å². The molecule has 0 spiro atoms. The number of rotatable bonds is 1. The number of hydrogen-bond donors (Lipinski definition) is 1. The summed E-state index contributed by atoms with van der Waals surface area (Å²) in [6.07, 6.45) is -4.59. The SMILES string of the molecule is Cc1ccc(C(N)=S)c2nc(C(F)(F)F)nn12. The fraction of sp³-hybridized carbons (Fsp3) is 0.222. The van der Waals surface area contributed by atoms with Gasteiger partial charge in [0.1, 0.15) is 4.99 Å². The second-order valence-electron chi connectivity index (χ2n) is 3.42. The Labute approximate surface area is 99.2 Å². The molecule has 2 aromatic rings. The summed E-state index contributed by atoms with van der Waals surface area (Å²) in [5.41, 5.74) is 6.22. The van der Waals surface area contributed by atoms with Gasteiger partial charge in [-0.1, -0.05) is 12.2 Å². The maximum absolute atomic E-state index is 12.5. The molecule has 0 amide bonds. The molecule has 0 aromatic carbocycles. The molecule has 0 aliphatic carbocycles. The van der Waals surface area contributed by atoms with Crippen LogP contribution >= 0.6 is 12.2 Å². The minimum atomic E-state index is -4.59. The highest BCUT2D eigenvalue weighted by Crippen LogP contribution is 2.27. The lowest BCUT2D eigenvalue weighted by Crippen LogP contribution is -2.12. The predicted octanol–water partition coefficient (Wildman–Crippen LogP) is 1.69. The zero-order valence-corrected chi connectivity index (χ0v) is 9.43. The van der Waals surface area contributed by atoms with Crippen molar-refractivity contribution in [1.82, 2.24) is 14.6 Å². The first kappa shape index (κ1) is 11.8. The normalized spacial score (nSPS) is 12.0. The van der Waals surface area contributed by atoms with Crippen LogP contribution < -0.4 is 5.73 Å². The van der Waals surface area contributed by atoms with Gasteiger partial charge in [-0.05, 0) is 19.1 Å². The van der Waals surface area contributed by atoms with Crippen LogP contribution in [-0.4, -0.2) is 19.6 Å². The average Bonchev–Trinajstić information content (AvgIpc) is 2.62. The van der Waals surface area contributed by atoms with Gasteiger partial charge in [0.15, 0.2) is 5.65 Å². The number of fused-ring (bicyclic) bond motifs is 1. The first-order chi connectivity index (χ1) is 7.80. The summed E-state index contributed by atoms with van der Waals surface area (Å²) in [6.45, 7) is 1.62. The number of nitrogens with zero attached hydrogens (tertiary/aromatic N) is 3. The number of aryl methyl sites for hydroxylation is 1. The van der Waals surface area contributed by atoms with Crippen molar-refractivity contribution >= 4 is 22.9 Å². The van der Waals surface area contributed by atoms with Gasteiger partial charge in [0.05, 0.1) is 5.56 Å². The lowest BCUT2D eigenvalue weighted by atomic mass is 10.2. The number of alkyl halides is 3. The van der Waals surface area contributed by atoms with Crippen LogP contribution in [0.2, 0.25) is 0 Å². The van der Waals surface area contributed by atoms with E-state index in [0.717, 1.165) is 4.52 Å². The van der Waals surface area contributed by atoms with Crippen LogP contribution in [0.3, 0.4) is 0 Å². The van der Waals surface area contributed by atoms with Crippen LogP contribution in [0.5, 0.6) is 0 Å². The van der Waals surface area contributed by atoms with E-state index in [-0.39, 0.29) is 16.2 Å². The standard InChI is InChI=1S/C9H7F3N4S/c1-4-2-3-5(6(13)17)7-14-8(9(10,11)12)15-16(4)7/h2-3H,1H3,(H2,13,17). The van der Waals surface area contributed by atoms with Crippen LogP contribution in [0.4, 0.5) is 13.2 Å². The van der Waals surface area contributed by atoms with E-state index in [2.05, 4.69) is 10.1 Å². The van der Waals surface area contributed by atoms with Gasteiger partial charge in [-0.3, -0.25) is 0 Å². The second-order valence-corrected chi connectivity index (χ2v) is 3.86. The topological polar surface area (TPSA) is 56.2 Å². The van der Waals surface area contributed by atoms with Crippen molar-refractivity contribution in [2.24, 2.45) is 5.73 Å². The molecule has 0 radical (unpaired) electrons. The first-order valence-electron chi connectivity index (χ1n) is 4.54. The van der Waals surface area contributed by atoms with E-state index in [9.17, 15) is 13.2 Å². The van der Waals surface area contributed by atoms with Crippen molar-refractivity contribution in [3.05, 3.63) is 29.2 Å². The van der Waals surface area contributed by atoms with Crippen molar-refractivity contribution in [1.29, 1.82) is 0 Å². The highest BCUT2D eigenvalue weighted by Gasteiger charge is 2.36. The van der Waals surface area contributed by atoms with Gasteiger partial charge in [0.2, 0.25) is 0 Å². The zero-order valence-electron chi connectivity index (χ0n) is 8.62. The van der Waals surface area contributed by atoms with Crippen LogP contribution in [-0.2, 0) is 6.18 Å². The molecule has 2 rings (SSSR count). The third-order valence-corrected chi connectivity index (χ3v) is 2.41. The molecule has 8 heteroatoms. The van der Waals surface area contributed by atoms with Crippen LogP contribution in [0.25, 0.3) is 5.65 Å². The molecule has 17 heavy (non-hydrogen) atoms. The Kier molecular flexibility index (Phi) is 2.53. The molecule has 2 aromatic heterocycles. The van der Waals surface area contributed by atoms with Crippen molar-refractivity contribution in [2.45, 2.75) is 13.1 Å². The highest BCUT2D eigenvalue weighted by molar-refractivity contribution is 7.80. The molecule has 0 saturated heterocycles. The fourth-order valence-corrected chi connectivity index (χ4v) is 1.55. The number of nitrogens with two attached hydrogens (primary N) is 1. The maximum atomic E-state index is 12.5. The fourth-order valence-electron chi connectivity index (χ4n) is 1.39. The Morgan fingerprint density at radius 1 is 1.41 bits per heavy atom. The first-order valence-corrected chi connectivity index (χ1v) is 4.95. The minimum absolute atomic E-state index is 0.0175. The molecule has 0 aliphatic rings. The van der Waals surface area contributed by atoms with Crippen molar-refractivity contribution in [3.63, 3.8) is 0 Å². The van der Waals surface area contributed by atoms with Gasteiger partial charge >= 0.3 is 6.18 Å². The van der Waals surface area contributed by atoms with Crippen molar-refractivity contribution in [3.8, 4) is 0 Å². The number of aromatic nitrogens is 3. The van der Waals surface area contributed by atoms with E-state index < -0.39 is 12.0 Å². The van der Waals surface area contributed by atoms with Gasteiger partial charge < -0.3 is 5.73 Å². The Bertz CT molecular complexity index is 602. The Morgan fingerprint density at radius 2 is 2.06 bits per heavy atom. The average molecular weight is 260 g/mol. The Balaban J connectivity index is 2.79. The molecule has 0 atom stereocenters. The van der Waals surface area contributed by atoms with Gasteiger partial charge in [-0.15, -0.1) is 5.10 Å². The van der Waals surface area contributed by atoms with Gasteiger partial charge in [-0.25, -0.2) is 9.50 Å². The summed E-state index contributed by atoms with van der Waals surface area (Å²) in [6, 6.07) is 3.11. The summed E-state index contributed by atoms with van der Waals surface area (Å²) >= 11 is 4.75. The predicted molar refractivity (Wildman–Crippen MR) is 58.6 cm³/mol. The molecule has 4 nitrogen and oxygen atoms in total. The molecular weight excluding hydrogens is 253 g/mol. The lowest BCUT2D eigenvalue weighted by molar-refractivity contribution is -0.144. The van der Waals surface area contributed by atoms with E-state index in [1.165, 1.54) is 6.07 Å². The number of hydrogen-bond acceptors (Lipinski definition) is 3. The molecule has 0 bridgehead atoms. The number of halogens is 3. The summed E-state index contributed by atoms with van der Waals surface area (Å²) in [5, 5.41) is 3.39. The maximum Gasteiger partial charge on any atom is 0.453 e. The van der Waals surface area contributed by atoms with Crippen molar-refractivity contribution < 1.29 is 13.2 Å². The summed E-state index contributed by atoms with van der Waals surface area (Å²) in [4.78, 5) is 3.41. The van der Waals surface area contributed by atoms with E-state index in [1.54, 1.807) is 13.0 Å². The van der Waals surface area contributed by atoms with Gasteiger partial charge in [-0.2, -0.15) is 13.2 Å². The molecule has 0 fully saturated rings. The third-order valence-electron chi connectivity index (χ3n) is 2.19. The number of thiocarbonyl (C=S) groups is 1. The van der Waals surface area contributed by atoms with Crippen LogP contribution in [0.1, 0.15) is 17.1 Å². The zero-order chi connectivity index (χ0) is 12.8. The molecule has 0 saturated carbocycles.